The minimum absolute atomic E-state index is 0.0435. The van der Waals surface area contributed by atoms with Gasteiger partial charge in [-0.3, -0.25) is 4.79 Å². The Labute approximate surface area is 148 Å². The zero-order valence-electron chi connectivity index (χ0n) is 14.1. The maximum Gasteiger partial charge on any atom is 0.228 e. The Morgan fingerprint density at radius 2 is 2.08 bits per heavy atom. The van der Waals surface area contributed by atoms with Crippen LogP contribution in [0, 0.1) is 11.3 Å². The van der Waals surface area contributed by atoms with Crippen molar-refractivity contribution in [3.05, 3.63) is 63.0 Å². The summed E-state index contributed by atoms with van der Waals surface area (Å²) in [6, 6.07) is 8.14. The number of nitrogens with two attached hydrogens (primary N) is 1. The molecule has 0 saturated heterocycles. The third-order valence-corrected chi connectivity index (χ3v) is 4.03. The number of aliphatic hydroxyl groups excluding tert-OH is 1. The van der Waals surface area contributed by atoms with Crippen molar-refractivity contribution in [3.8, 4) is 23.3 Å². The standard InChI is InChI=1S/C18H16N2O6/c1-23-9-3-4-14(24-2)11(5-9)15-12(7-19)18(20)26-16-13(22)6-10(8-21)25-17(15)16/h3-6,15,21H,8,20H2,1-2H3. The van der Waals surface area contributed by atoms with E-state index in [1.165, 1.54) is 14.2 Å². The Bertz CT molecular complexity index is 986. The highest BCUT2D eigenvalue weighted by Crippen LogP contribution is 2.44. The van der Waals surface area contributed by atoms with Gasteiger partial charge in [0, 0.05) is 11.6 Å². The van der Waals surface area contributed by atoms with Gasteiger partial charge in [0.1, 0.15) is 35.5 Å². The van der Waals surface area contributed by atoms with Crippen LogP contribution in [0.3, 0.4) is 0 Å². The monoisotopic (exact) mass is 356 g/mol. The first kappa shape index (κ1) is 17.4. The van der Waals surface area contributed by atoms with Crippen molar-refractivity contribution in [2.75, 3.05) is 14.2 Å². The molecule has 0 bridgehead atoms. The lowest BCUT2D eigenvalue weighted by atomic mass is 9.86. The highest BCUT2D eigenvalue weighted by molar-refractivity contribution is 5.56. The molecule has 0 amide bonds. The van der Waals surface area contributed by atoms with Gasteiger partial charge in [-0.25, -0.2) is 0 Å². The number of nitrogens with zero attached hydrogens (tertiary/aromatic N) is 1. The second kappa shape index (κ2) is 6.82. The molecule has 1 aromatic heterocycles. The number of rotatable bonds is 4. The van der Waals surface area contributed by atoms with E-state index >= 15 is 0 Å². The van der Waals surface area contributed by atoms with E-state index in [-0.39, 0.29) is 28.7 Å². The third-order valence-electron chi connectivity index (χ3n) is 4.03. The number of nitriles is 1. The molecule has 0 spiro atoms. The van der Waals surface area contributed by atoms with E-state index < -0.39 is 18.0 Å². The molecule has 1 aliphatic rings. The Morgan fingerprint density at radius 1 is 1.31 bits per heavy atom. The molecule has 3 rings (SSSR count). The number of aliphatic hydroxyl groups is 1. The fraction of sp³-hybridized carbons (Fsp3) is 0.222. The van der Waals surface area contributed by atoms with Crippen molar-refractivity contribution >= 4 is 0 Å². The van der Waals surface area contributed by atoms with Crippen molar-refractivity contribution in [1.29, 1.82) is 5.26 Å². The molecule has 0 saturated carbocycles. The van der Waals surface area contributed by atoms with Crippen molar-refractivity contribution in [1.82, 2.24) is 0 Å². The zero-order chi connectivity index (χ0) is 18.8. The predicted molar refractivity (Wildman–Crippen MR) is 89.7 cm³/mol. The van der Waals surface area contributed by atoms with Crippen molar-refractivity contribution in [3.63, 3.8) is 0 Å². The van der Waals surface area contributed by atoms with Gasteiger partial charge >= 0.3 is 0 Å². The van der Waals surface area contributed by atoms with E-state index in [2.05, 4.69) is 0 Å². The zero-order valence-corrected chi connectivity index (χ0v) is 14.1. The molecular formula is C18H16N2O6. The molecule has 3 N–H and O–H groups in total. The Hall–Kier alpha value is -3.44. The van der Waals surface area contributed by atoms with Crippen LogP contribution in [0.15, 0.2) is 44.9 Å². The Morgan fingerprint density at radius 3 is 2.69 bits per heavy atom. The molecule has 0 fully saturated rings. The first-order valence-corrected chi connectivity index (χ1v) is 7.61. The number of benzene rings is 1. The lowest BCUT2D eigenvalue weighted by Gasteiger charge is -2.26. The second-order valence-electron chi connectivity index (χ2n) is 5.46. The van der Waals surface area contributed by atoms with Crippen LogP contribution in [-0.4, -0.2) is 19.3 Å². The molecule has 134 valence electrons. The van der Waals surface area contributed by atoms with Crippen LogP contribution in [0.5, 0.6) is 17.2 Å². The number of allylic oxidation sites excluding steroid dienone is 1. The number of hydrogen-bond donors (Lipinski definition) is 2. The van der Waals surface area contributed by atoms with E-state index in [0.717, 1.165) is 6.07 Å². The number of methoxy groups -OCH3 is 2. The van der Waals surface area contributed by atoms with Gasteiger partial charge in [-0.1, -0.05) is 0 Å². The van der Waals surface area contributed by atoms with E-state index in [1.807, 2.05) is 6.07 Å². The molecule has 1 unspecified atom stereocenters. The van der Waals surface area contributed by atoms with Gasteiger partial charge in [0.2, 0.25) is 17.1 Å². The van der Waals surface area contributed by atoms with Gasteiger partial charge < -0.3 is 29.5 Å². The number of hydrogen-bond acceptors (Lipinski definition) is 8. The topological polar surface area (TPSA) is 128 Å². The smallest absolute Gasteiger partial charge is 0.228 e. The van der Waals surface area contributed by atoms with Gasteiger partial charge in [-0.05, 0) is 18.2 Å². The van der Waals surface area contributed by atoms with Crippen LogP contribution in [0.4, 0.5) is 0 Å². The van der Waals surface area contributed by atoms with Gasteiger partial charge in [0.25, 0.3) is 0 Å². The van der Waals surface area contributed by atoms with E-state index in [9.17, 15) is 15.2 Å². The van der Waals surface area contributed by atoms with Gasteiger partial charge in [0.15, 0.2) is 5.76 Å². The lowest BCUT2D eigenvalue weighted by molar-refractivity contribution is 0.231. The minimum Gasteiger partial charge on any atom is -0.497 e. The maximum absolute atomic E-state index is 12.3. The highest BCUT2D eigenvalue weighted by atomic mass is 16.5. The first-order valence-electron chi connectivity index (χ1n) is 7.61. The van der Waals surface area contributed by atoms with Crippen LogP contribution >= 0.6 is 0 Å². The molecule has 1 atom stereocenters. The highest BCUT2D eigenvalue weighted by Gasteiger charge is 2.37. The average molecular weight is 356 g/mol. The van der Waals surface area contributed by atoms with Crippen molar-refractivity contribution < 1.29 is 23.7 Å². The van der Waals surface area contributed by atoms with Crippen LogP contribution in [0.1, 0.15) is 23.0 Å². The number of ether oxygens (including phenoxy) is 3. The summed E-state index contributed by atoms with van der Waals surface area (Å²) in [6.07, 6.45) is 0. The predicted octanol–water partition coefficient (Wildman–Crippen LogP) is 1.37. The first-order chi connectivity index (χ1) is 12.5. The van der Waals surface area contributed by atoms with Crippen LogP contribution < -0.4 is 25.4 Å². The third kappa shape index (κ3) is 2.74. The van der Waals surface area contributed by atoms with E-state index in [1.54, 1.807) is 18.2 Å². The fourth-order valence-electron chi connectivity index (χ4n) is 2.84. The average Bonchev–Trinajstić information content (AvgIpc) is 2.66. The minimum atomic E-state index is -0.854. The van der Waals surface area contributed by atoms with Gasteiger partial charge in [-0.2, -0.15) is 5.26 Å². The van der Waals surface area contributed by atoms with Crippen molar-refractivity contribution in [2.24, 2.45) is 5.73 Å². The molecule has 2 aromatic rings. The van der Waals surface area contributed by atoms with Gasteiger partial charge in [0.05, 0.1) is 20.1 Å². The van der Waals surface area contributed by atoms with Crippen LogP contribution in [0.2, 0.25) is 0 Å². The quantitative estimate of drug-likeness (QED) is 0.840. The molecule has 8 heteroatoms. The number of fused-ring (bicyclic) bond motifs is 1. The SMILES string of the molecule is COc1ccc(OC)c(C2C(C#N)=C(N)Oc3c2oc(CO)cc3=O)c1. The van der Waals surface area contributed by atoms with E-state index in [0.29, 0.717) is 17.1 Å². The lowest BCUT2D eigenvalue weighted by Crippen LogP contribution is -2.25. The molecule has 2 heterocycles. The molecule has 0 aliphatic carbocycles. The Kier molecular flexibility index (Phi) is 4.56. The second-order valence-corrected chi connectivity index (χ2v) is 5.46. The van der Waals surface area contributed by atoms with E-state index in [4.69, 9.17) is 24.4 Å². The summed E-state index contributed by atoms with van der Waals surface area (Å²) in [7, 11) is 2.98. The van der Waals surface area contributed by atoms with Gasteiger partial charge in [-0.15, -0.1) is 0 Å². The molecule has 1 aromatic carbocycles. The summed E-state index contributed by atoms with van der Waals surface area (Å²) in [5.74, 6) is -0.104. The van der Waals surface area contributed by atoms with Crippen LogP contribution in [-0.2, 0) is 6.61 Å². The van der Waals surface area contributed by atoms with Crippen molar-refractivity contribution in [2.45, 2.75) is 12.5 Å². The largest absolute Gasteiger partial charge is 0.497 e. The normalized spacial score (nSPS) is 15.7. The maximum atomic E-state index is 12.3. The summed E-state index contributed by atoms with van der Waals surface area (Å²) >= 11 is 0. The summed E-state index contributed by atoms with van der Waals surface area (Å²) < 4.78 is 21.6. The molecular weight excluding hydrogens is 340 g/mol. The fourth-order valence-corrected chi connectivity index (χ4v) is 2.84. The molecule has 0 radical (unpaired) electrons. The Balaban J connectivity index is 2.35. The summed E-state index contributed by atoms with van der Waals surface area (Å²) in [6.45, 7) is -0.481. The molecule has 8 nitrogen and oxygen atoms in total. The molecule has 1 aliphatic heterocycles. The summed E-state index contributed by atoms with van der Waals surface area (Å²) in [5.41, 5.74) is 5.92. The molecule has 26 heavy (non-hydrogen) atoms. The summed E-state index contributed by atoms with van der Waals surface area (Å²) in [4.78, 5) is 12.3. The van der Waals surface area contributed by atoms with Crippen LogP contribution in [0.25, 0.3) is 0 Å². The summed E-state index contributed by atoms with van der Waals surface area (Å²) in [5, 5.41) is 19.0.